The van der Waals surface area contributed by atoms with E-state index in [1.165, 1.54) is 6.20 Å². The Morgan fingerprint density at radius 2 is 1.93 bits per heavy atom. The molecule has 2 atom stereocenters. The molecule has 0 bridgehead atoms. The molecule has 1 amide bonds. The monoisotopic (exact) mass is 369 g/mol. The van der Waals surface area contributed by atoms with Gasteiger partial charge in [0.2, 0.25) is 11.7 Å². The number of aliphatic carboxylic acids is 1. The van der Waals surface area contributed by atoms with Gasteiger partial charge in [0.25, 0.3) is 5.91 Å². The zero-order valence-electron chi connectivity index (χ0n) is 14.7. The van der Waals surface area contributed by atoms with Crippen molar-refractivity contribution in [3.8, 4) is 5.88 Å². The number of hydrogen-bond acceptors (Lipinski definition) is 6. The molecule has 140 valence electrons. The first kappa shape index (κ1) is 18.4. The molecule has 3 N–H and O–H groups in total. The maximum Gasteiger partial charge on any atom is 0.341 e. The summed E-state index contributed by atoms with van der Waals surface area (Å²) in [5.41, 5.74) is 7.33. The molecule has 8 nitrogen and oxygen atoms in total. The minimum atomic E-state index is -1.17. The minimum absolute atomic E-state index is 0.0249. The van der Waals surface area contributed by atoms with Crippen molar-refractivity contribution in [2.24, 2.45) is 5.73 Å². The van der Waals surface area contributed by atoms with Crippen LogP contribution in [0.3, 0.4) is 0 Å². The van der Waals surface area contributed by atoms with Crippen molar-refractivity contribution in [1.82, 2.24) is 4.98 Å². The summed E-state index contributed by atoms with van der Waals surface area (Å²) in [6.45, 7) is 1.71. The molecule has 0 aliphatic carbocycles. The predicted octanol–water partition coefficient (Wildman–Crippen LogP) is 1.09. The Bertz CT molecular complexity index is 884. The number of nitrogens with two attached hydrogens (primary N) is 1. The third kappa shape index (κ3) is 3.59. The van der Waals surface area contributed by atoms with Gasteiger partial charge in [-0.3, -0.25) is 9.59 Å². The fourth-order valence-electron chi connectivity index (χ4n) is 3.39. The number of fused-ring (bicyclic) bond motifs is 1. The van der Waals surface area contributed by atoms with Crippen molar-refractivity contribution in [2.45, 2.75) is 25.4 Å². The van der Waals surface area contributed by atoms with Crippen LogP contribution in [0, 0.1) is 0 Å². The predicted molar refractivity (Wildman–Crippen MR) is 96.4 cm³/mol. The molecule has 1 aromatic heterocycles. The summed E-state index contributed by atoms with van der Waals surface area (Å²) in [6.07, 6.45) is 1.48. The van der Waals surface area contributed by atoms with E-state index in [2.05, 4.69) is 4.98 Å². The van der Waals surface area contributed by atoms with Crippen molar-refractivity contribution in [2.75, 3.05) is 11.5 Å². The van der Waals surface area contributed by atoms with Crippen molar-refractivity contribution < 1.29 is 24.2 Å². The summed E-state index contributed by atoms with van der Waals surface area (Å²) in [7, 11) is 0. The molecule has 27 heavy (non-hydrogen) atoms. The van der Waals surface area contributed by atoms with Gasteiger partial charge in [-0.2, -0.15) is 0 Å². The highest BCUT2D eigenvalue weighted by Crippen LogP contribution is 2.46. The van der Waals surface area contributed by atoms with Crippen LogP contribution >= 0.6 is 0 Å². The van der Waals surface area contributed by atoms with E-state index in [4.69, 9.17) is 15.6 Å². The Balaban J connectivity index is 2.05. The Hall–Kier alpha value is -3.42. The van der Waals surface area contributed by atoms with Crippen LogP contribution in [-0.2, 0) is 20.9 Å². The largest absolute Gasteiger partial charge is 0.479 e. The van der Waals surface area contributed by atoms with Crippen LogP contribution in [0.5, 0.6) is 5.88 Å². The van der Waals surface area contributed by atoms with Gasteiger partial charge >= 0.3 is 5.97 Å². The molecule has 1 aliphatic rings. The minimum Gasteiger partial charge on any atom is -0.479 e. The fourth-order valence-corrected chi connectivity index (χ4v) is 3.39. The molecule has 0 fully saturated rings. The SMILES string of the molecule is CC1C(C(=O)C(N)=O)c2c(ccnc2OCC(=O)O)N1Cc1ccccc1. The van der Waals surface area contributed by atoms with E-state index < -0.39 is 30.2 Å². The van der Waals surface area contributed by atoms with Gasteiger partial charge in [-0.25, -0.2) is 9.78 Å². The number of benzene rings is 1. The number of amides is 1. The zero-order valence-corrected chi connectivity index (χ0v) is 14.7. The van der Waals surface area contributed by atoms with Crippen LogP contribution in [-0.4, -0.2) is 40.4 Å². The van der Waals surface area contributed by atoms with Gasteiger partial charge in [-0.05, 0) is 18.6 Å². The highest BCUT2D eigenvalue weighted by molar-refractivity contribution is 6.38. The molecule has 0 saturated heterocycles. The van der Waals surface area contributed by atoms with E-state index >= 15 is 0 Å². The molecule has 0 saturated carbocycles. The number of carboxylic acids is 1. The van der Waals surface area contributed by atoms with Gasteiger partial charge in [0.15, 0.2) is 6.61 Å². The Morgan fingerprint density at radius 1 is 1.22 bits per heavy atom. The molecule has 3 rings (SSSR count). The Labute approximate surface area is 155 Å². The lowest BCUT2D eigenvalue weighted by Gasteiger charge is -2.26. The van der Waals surface area contributed by atoms with Crippen molar-refractivity contribution in [3.63, 3.8) is 0 Å². The number of rotatable bonds is 7. The van der Waals surface area contributed by atoms with Gasteiger partial charge in [-0.1, -0.05) is 30.3 Å². The van der Waals surface area contributed by atoms with E-state index in [1.54, 1.807) is 6.07 Å². The summed E-state index contributed by atoms with van der Waals surface area (Å²) in [5, 5.41) is 8.88. The average Bonchev–Trinajstić information content (AvgIpc) is 2.92. The number of Topliss-reactive ketones (excluding diaryl/α,β-unsaturated/α-hetero) is 1. The van der Waals surface area contributed by atoms with Crippen LogP contribution < -0.4 is 15.4 Å². The summed E-state index contributed by atoms with van der Waals surface area (Å²) < 4.78 is 5.28. The van der Waals surface area contributed by atoms with Crippen LogP contribution in [0.15, 0.2) is 42.6 Å². The summed E-state index contributed by atoms with van der Waals surface area (Å²) >= 11 is 0. The molecule has 0 spiro atoms. The second-order valence-corrected chi connectivity index (χ2v) is 6.29. The van der Waals surface area contributed by atoms with Crippen molar-refractivity contribution >= 4 is 23.3 Å². The van der Waals surface area contributed by atoms with Gasteiger partial charge in [0, 0.05) is 24.5 Å². The Morgan fingerprint density at radius 3 is 2.56 bits per heavy atom. The molecular weight excluding hydrogens is 350 g/mol. The second-order valence-electron chi connectivity index (χ2n) is 6.29. The Kier molecular flexibility index (Phi) is 5.07. The molecule has 2 heterocycles. The summed E-state index contributed by atoms with van der Waals surface area (Å²) in [5.74, 6) is -3.82. The van der Waals surface area contributed by atoms with E-state index in [-0.39, 0.29) is 11.9 Å². The zero-order chi connectivity index (χ0) is 19.6. The smallest absolute Gasteiger partial charge is 0.341 e. The molecule has 8 heteroatoms. The van der Waals surface area contributed by atoms with Gasteiger partial charge in [0.05, 0.1) is 11.5 Å². The first-order valence-electron chi connectivity index (χ1n) is 8.38. The van der Waals surface area contributed by atoms with Crippen LogP contribution in [0.2, 0.25) is 0 Å². The fraction of sp³-hybridized carbons (Fsp3) is 0.263. The lowest BCUT2D eigenvalue weighted by molar-refractivity contribution is -0.139. The number of carbonyl (C=O) groups is 3. The number of ether oxygens (including phenoxy) is 1. The molecule has 2 unspecified atom stereocenters. The molecule has 1 aromatic carbocycles. The van der Waals surface area contributed by atoms with Gasteiger partial charge < -0.3 is 20.5 Å². The lowest BCUT2D eigenvalue weighted by Crippen LogP contribution is -2.38. The number of nitrogens with zero attached hydrogens (tertiary/aromatic N) is 2. The molecule has 0 radical (unpaired) electrons. The number of primary amides is 1. The summed E-state index contributed by atoms with van der Waals surface area (Å²) in [4.78, 5) is 41.0. The third-order valence-electron chi connectivity index (χ3n) is 4.58. The van der Waals surface area contributed by atoms with Crippen molar-refractivity contribution in [1.29, 1.82) is 0 Å². The van der Waals surface area contributed by atoms with E-state index in [1.807, 2.05) is 42.2 Å². The van der Waals surface area contributed by atoms with Crippen molar-refractivity contribution in [3.05, 3.63) is 53.7 Å². The van der Waals surface area contributed by atoms with E-state index in [0.717, 1.165) is 5.56 Å². The molecule has 1 aliphatic heterocycles. The average molecular weight is 369 g/mol. The molecule has 2 aromatic rings. The van der Waals surface area contributed by atoms with E-state index in [9.17, 15) is 14.4 Å². The van der Waals surface area contributed by atoms with Crippen LogP contribution in [0.1, 0.15) is 24.0 Å². The normalized spacial score (nSPS) is 18.0. The van der Waals surface area contributed by atoms with Crippen LogP contribution in [0.25, 0.3) is 0 Å². The lowest BCUT2D eigenvalue weighted by atomic mass is 9.91. The maximum atomic E-state index is 12.5. The number of carboxylic acid groups (broad SMARTS) is 1. The second kappa shape index (κ2) is 7.45. The van der Waals surface area contributed by atoms with Gasteiger partial charge in [-0.15, -0.1) is 0 Å². The number of pyridine rings is 1. The number of aromatic nitrogens is 1. The first-order chi connectivity index (χ1) is 12.9. The van der Waals surface area contributed by atoms with Gasteiger partial charge in [0.1, 0.15) is 0 Å². The standard InChI is InChI=1S/C19H19N3O5/c1-11-15(17(25)18(20)26)16-13(7-8-21-19(16)27-10-14(23)24)22(11)9-12-5-3-2-4-6-12/h2-8,11,15H,9-10H2,1H3,(H2,20,26)(H,23,24). The number of hydrogen-bond donors (Lipinski definition) is 2. The van der Waals surface area contributed by atoms with Crippen LogP contribution in [0.4, 0.5) is 5.69 Å². The number of ketones is 1. The first-order valence-corrected chi connectivity index (χ1v) is 8.38. The number of anilines is 1. The quantitative estimate of drug-likeness (QED) is 0.700. The third-order valence-corrected chi connectivity index (χ3v) is 4.58. The topological polar surface area (TPSA) is 123 Å². The maximum absolute atomic E-state index is 12.5. The van der Waals surface area contributed by atoms with E-state index in [0.29, 0.717) is 17.8 Å². The highest BCUT2D eigenvalue weighted by Gasteiger charge is 2.44. The highest BCUT2D eigenvalue weighted by atomic mass is 16.5. The number of carbonyl (C=O) groups excluding carboxylic acids is 2. The summed E-state index contributed by atoms with van der Waals surface area (Å²) in [6, 6.07) is 11.0. The molecular formula is C19H19N3O5.